The summed E-state index contributed by atoms with van der Waals surface area (Å²) >= 11 is 0. The lowest BCUT2D eigenvalue weighted by molar-refractivity contribution is 0.0179. The van der Waals surface area contributed by atoms with Crippen molar-refractivity contribution in [2.75, 3.05) is 0 Å². The Balaban J connectivity index is 0.749. The smallest absolute Gasteiger partial charge is 0.315 e. The molecule has 6 aromatic rings. The minimum atomic E-state index is -0.227. The molecule has 4 aliphatic rings. The van der Waals surface area contributed by atoms with E-state index in [4.69, 9.17) is 14.6 Å². The van der Waals surface area contributed by atoms with E-state index in [1.807, 2.05) is 48.5 Å². The first-order valence-electron chi connectivity index (χ1n) is 19.9. The van der Waals surface area contributed by atoms with Gasteiger partial charge in [-0.05, 0) is 97.9 Å². The highest BCUT2D eigenvalue weighted by molar-refractivity contribution is 5.73. The van der Waals surface area contributed by atoms with Crippen LogP contribution in [0.25, 0.3) is 22.2 Å². The van der Waals surface area contributed by atoms with Crippen LogP contribution in [0.4, 0.5) is 4.79 Å². The summed E-state index contributed by atoms with van der Waals surface area (Å²) in [6.07, 6.45) is 10.2. The highest BCUT2D eigenvalue weighted by atomic mass is 16.4. The van der Waals surface area contributed by atoms with Gasteiger partial charge in [-0.1, -0.05) is 72.8 Å². The van der Waals surface area contributed by atoms with E-state index in [0.29, 0.717) is 37.0 Å². The summed E-state index contributed by atoms with van der Waals surface area (Å²) in [5, 5.41) is 0. The van der Waals surface area contributed by atoms with Gasteiger partial charge in [0.05, 0.1) is 0 Å². The van der Waals surface area contributed by atoms with E-state index < -0.39 is 0 Å². The van der Waals surface area contributed by atoms with E-state index >= 15 is 0 Å². The van der Waals surface area contributed by atoms with E-state index in [1.165, 1.54) is 47.9 Å². The van der Waals surface area contributed by atoms with Crippen molar-refractivity contribution >= 4 is 28.2 Å². The molecule has 54 heavy (non-hydrogen) atoms. The number of piperidine rings is 2. The van der Waals surface area contributed by atoms with Gasteiger partial charge in [0.2, 0.25) is 0 Å². The number of urea groups is 1. The van der Waals surface area contributed by atoms with Crippen LogP contribution < -0.4 is 5.73 Å². The molecule has 10 rings (SSSR count). The number of amides is 2. The molecule has 4 fully saturated rings. The molecule has 4 unspecified atom stereocenters. The third-order valence-electron chi connectivity index (χ3n) is 12.9. The second kappa shape index (κ2) is 14.0. The van der Waals surface area contributed by atoms with Crippen molar-refractivity contribution in [3.63, 3.8) is 0 Å². The zero-order chi connectivity index (χ0) is 36.2. The summed E-state index contributed by atoms with van der Waals surface area (Å²) in [6.45, 7) is 1.89. The predicted octanol–water partition coefficient (Wildman–Crippen LogP) is 8.22. The predicted molar refractivity (Wildman–Crippen MR) is 209 cm³/mol. The molecule has 2 amide bonds. The van der Waals surface area contributed by atoms with Crippen molar-refractivity contribution in [2.24, 2.45) is 5.73 Å². The molecule has 276 valence electrons. The van der Waals surface area contributed by atoms with E-state index in [2.05, 4.69) is 73.2 Å². The van der Waals surface area contributed by atoms with Gasteiger partial charge in [-0.25, -0.2) is 14.8 Å². The lowest BCUT2D eigenvalue weighted by atomic mass is 9.89. The maximum atomic E-state index is 13.2. The van der Waals surface area contributed by atoms with Crippen molar-refractivity contribution in [3.05, 3.63) is 131 Å². The SMILES string of the molecule is NC(=O)N(C1CC2CCC(C1)N2Cc1ccc(Cc2nc3ccccc3o2)cc1)C1CC2CCC(C1)N2Cc1ccc(Cc2nc3ccccc3o2)cc1. The van der Waals surface area contributed by atoms with Gasteiger partial charge >= 0.3 is 6.03 Å². The zero-order valence-electron chi connectivity index (χ0n) is 30.7. The minimum absolute atomic E-state index is 0.222. The maximum absolute atomic E-state index is 13.2. The van der Waals surface area contributed by atoms with Crippen molar-refractivity contribution < 1.29 is 13.6 Å². The standard InChI is InChI=1S/C45H48N6O3/c46-45(52)51(37-23-33-17-18-34(24-37)49(33)27-31-13-9-29(10-14-31)21-43-47-39-5-1-3-7-41(39)53-43)38-25-35-19-20-36(26-38)50(35)28-32-15-11-30(12-16-32)22-44-48-40-6-2-4-8-42(40)54-44/h1-16,33-38H,17-28H2,(H2,46,52). The molecular weight excluding hydrogens is 673 g/mol. The Morgan fingerprint density at radius 2 is 0.944 bits per heavy atom. The fourth-order valence-corrected chi connectivity index (χ4v) is 10.4. The minimum Gasteiger partial charge on any atom is -0.440 e. The molecule has 4 atom stereocenters. The van der Waals surface area contributed by atoms with E-state index in [-0.39, 0.29) is 18.1 Å². The Hall–Kier alpha value is -4.99. The fraction of sp³-hybridized carbons (Fsp3) is 0.400. The van der Waals surface area contributed by atoms with Gasteiger partial charge in [0, 0.05) is 62.2 Å². The summed E-state index contributed by atoms with van der Waals surface area (Å²) in [5.41, 5.74) is 14.8. The molecule has 4 bridgehead atoms. The number of nitrogens with zero attached hydrogens (tertiary/aromatic N) is 5. The summed E-state index contributed by atoms with van der Waals surface area (Å²) in [4.78, 5) is 30.1. The van der Waals surface area contributed by atoms with Crippen LogP contribution in [-0.2, 0) is 25.9 Å². The molecule has 4 saturated heterocycles. The zero-order valence-corrected chi connectivity index (χ0v) is 30.7. The number of aromatic nitrogens is 2. The van der Waals surface area contributed by atoms with Crippen molar-refractivity contribution in [2.45, 2.75) is 114 Å². The molecule has 0 radical (unpaired) electrons. The highest BCUT2D eigenvalue weighted by Crippen LogP contribution is 2.43. The number of carbonyl (C=O) groups is 1. The lowest BCUT2D eigenvalue weighted by Gasteiger charge is -2.49. The van der Waals surface area contributed by atoms with E-state index in [9.17, 15) is 4.79 Å². The highest BCUT2D eigenvalue weighted by Gasteiger charge is 2.48. The molecule has 4 aliphatic heterocycles. The van der Waals surface area contributed by atoms with Gasteiger partial charge in [-0.2, -0.15) is 0 Å². The Bertz CT molecular complexity index is 2020. The van der Waals surface area contributed by atoms with Crippen LogP contribution in [0.15, 0.2) is 106 Å². The number of hydrogen-bond acceptors (Lipinski definition) is 7. The van der Waals surface area contributed by atoms with Crippen LogP contribution in [0.3, 0.4) is 0 Å². The Morgan fingerprint density at radius 1 is 0.574 bits per heavy atom. The molecular formula is C45H48N6O3. The van der Waals surface area contributed by atoms with Gasteiger partial charge in [0.1, 0.15) is 11.0 Å². The van der Waals surface area contributed by atoms with Crippen molar-refractivity contribution in [1.29, 1.82) is 0 Å². The largest absolute Gasteiger partial charge is 0.440 e. The normalized spacial score (nSPS) is 25.5. The van der Waals surface area contributed by atoms with Crippen LogP contribution >= 0.6 is 0 Å². The van der Waals surface area contributed by atoms with E-state index in [1.54, 1.807) is 0 Å². The van der Waals surface area contributed by atoms with Crippen LogP contribution in [0.5, 0.6) is 0 Å². The maximum Gasteiger partial charge on any atom is 0.315 e. The Labute approximate surface area is 316 Å². The van der Waals surface area contributed by atoms with Gasteiger partial charge in [0.15, 0.2) is 22.9 Å². The lowest BCUT2D eigenvalue weighted by Crippen LogP contribution is -2.59. The number of primary amides is 1. The second-order valence-electron chi connectivity index (χ2n) is 16.2. The first-order chi connectivity index (χ1) is 26.5. The first kappa shape index (κ1) is 33.6. The average molecular weight is 721 g/mol. The van der Waals surface area contributed by atoms with Crippen LogP contribution in [0, 0.1) is 0 Å². The number of fused-ring (bicyclic) bond motifs is 6. The number of hydrogen-bond donors (Lipinski definition) is 1. The molecule has 2 N–H and O–H groups in total. The average Bonchev–Trinajstić information content (AvgIpc) is 3.89. The third kappa shape index (κ3) is 6.58. The molecule has 0 spiro atoms. The number of benzene rings is 4. The molecule has 6 heterocycles. The van der Waals surface area contributed by atoms with E-state index in [0.717, 1.165) is 72.8 Å². The molecule has 9 nitrogen and oxygen atoms in total. The summed E-state index contributed by atoms with van der Waals surface area (Å²) in [5.74, 6) is 1.50. The van der Waals surface area contributed by atoms with Crippen molar-refractivity contribution in [3.8, 4) is 0 Å². The summed E-state index contributed by atoms with van der Waals surface area (Å²) in [6, 6.07) is 35.9. The topological polar surface area (TPSA) is 105 Å². The van der Waals surface area contributed by atoms with Crippen LogP contribution in [-0.4, -0.2) is 66.9 Å². The molecule has 0 saturated carbocycles. The third-order valence-corrected chi connectivity index (χ3v) is 12.9. The summed E-state index contributed by atoms with van der Waals surface area (Å²) in [7, 11) is 0. The molecule has 9 heteroatoms. The van der Waals surface area contributed by atoms with Crippen LogP contribution in [0.2, 0.25) is 0 Å². The van der Waals surface area contributed by atoms with Gasteiger partial charge in [-0.15, -0.1) is 0 Å². The monoisotopic (exact) mass is 720 g/mol. The number of rotatable bonds is 10. The first-order valence-corrected chi connectivity index (χ1v) is 19.9. The van der Waals surface area contributed by atoms with Gasteiger partial charge in [-0.3, -0.25) is 9.80 Å². The second-order valence-corrected chi connectivity index (χ2v) is 16.2. The van der Waals surface area contributed by atoms with Gasteiger partial charge < -0.3 is 19.5 Å². The van der Waals surface area contributed by atoms with Crippen LogP contribution in [0.1, 0.15) is 85.4 Å². The Morgan fingerprint density at radius 3 is 1.31 bits per heavy atom. The summed E-state index contributed by atoms with van der Waals surface area (Å²) < 4.78 is 11.9. The molecule has 0 aliphatic carbocycles. The molecule has 2 aromatic heterocycles. The number of nitrogens with two attached hydrogens (primary N) is 1. The van der Waals surface area contributed by atoms with Crippen molar-refractivity contribution in [1.82, 2.24) is 24.7 Å². The molecule has 4 aromatic carbocycles. The number of para-hydroxylation sites is 4. The van der Waals surface area contributed by atoms with Gasteiger partial charge in [0.25, 0.3) is 0 Å². The Kier molecular flexibility index (Phi) is 8.71. The fourth-order valence-electron chi connectivity index (χ4n) is 10.4. The number of oxazole rings is 2. The number of carbonyl (C=O) groups excluding carboxylic acids is 1. The quantitative estimate of drug-likeness (QED) is 0.152.